The van der Waals surface area contributed by atoms with Crippen LogP contribution in [0.3, 0.4) is 0 Å². The summed E-state index contributed by atoms with van der Waals surface area (Å²) in [5.41, 5.74) is 16.0. The van der Waals surface area contributed by atoms with Crippen LogP contribution in [-0.2, 0) is 5.41 Å². The van der Waals surface area contributed by atoms with Crippen LogP contribution in [0.25, 0.3) is 83.5 Å². The van der Waals surface area contributed by atoms with Crippen molar-refractivity contribution in [2.45, 2.75) is 5.41 Å². The van der Waals surface area contributed by atoms with E-state index in [0.29, 0.717) is 23.2 Å². The highest BCUT2D eigenvalue weighted by molar-refractivity contribution is 5.95. The normalized spacial score (nSPS) is 12.2. The molecule has 0 bridgehead atoms. The first-order chi connectivity index (χ1) is 31.2. The molecular formula is C59H38N4. The Hall–Kier alpha value is -8.52. The molecule has 1 heterocycles. The van der Waals surface area contributed by atoms with E-state index < -0.39 is 5.41 Å². The molecular weight excluding hydrogens is 765 g/mol. The summed E-state index contributed by atoms with van der Waals surface area (Å²) in [6.07, 6.45) is 0. The van der Waals surface area contributed by atoms with E-state index in [9.17, 15) is 0 Å². The van der Waals surface area contributed by atoms with Gasteiger partial charge in [0.05, 0.1) is 12.0 Å². The molecule has 0 saturated carbocycles. The summed E-state index contributed by atoms with van der Waals surface area (Å²) in [6, 6.07) is 80.4. The molecule has 63 heavy (non-hydrogen) atoms. The van der Waals surface area contributed by atoms with E-state index in [1.807, 2.05) is 54.6 Å². The number of nitrogens with zero attached hydrogens (tertiary/aromatic N) is 4. The van der Waals surface area contributed by atoms with Gasteiger partial charge in [-0.3, -0.25) is 0 Å². The molecule has 0 aliphatic heterocycles. The summed E-state index contributed by atoms with van der Waals surface area (Å²) < 4.78 is 0. The zero-order valence-corrected chi connectivity index (χ0v) is 34.2. The maximum atomic E-state index is 8.26. The van der Waals surface area contributed by atoms with Crippen LogP contribution in [0.2, 0.25) is 0 Å². The summed E-state index contributed by atoms with van der Waals surface area (Å²) >= 11 is 0. The maximum absolute atomic E-state index is 8.26. The Morgan fingerprint density at radius 3 is 1.25 bits per heavy atom. The highest BCUT2D eigenvalue weighted by atomic mass is 15.0. The first-order valence-electron chi connectivity index (χ1n) is 21.1. The molecule has 1 aliphatic rings. The molecule has 4 heteroatoms. The van der Waals surface area contributed by atoms with Crippen molar-refractivity contribution in [1.82, 2.24) is 15.0 Å². The van der Waals surface area contributed by atoms with E-state index in [-0.39, 0.29) is 0 Å². The number of rotatable bonds is 8. The number of hydrogen-bond donors (Lipinski definition) is 0. The second-order valence-electron chi connectivity index (χ2n) is 15.8. The van der Waals surface area contributed by atoms with Gasteiger partial charge in [0.2, 0.25) is 0 Å². The van der Waals surface area contributed by atoms with Crippen LogP contribution in [0.15, 0.2) is 231 Å². The Labute approximate surface area is 367 Å². The zero-order chi connectivity index (χ0) is 42.2. The fourth-order valence-corrected chi connectivity index (χ4v) is 9.31. The molecule has 0 saturated heterocycles. The lowest BCUT2D eigenvalue weighted by Crippen LogP contribution is -2.28. The third kappa shape index (κ3) is 6.61. The lowest BCUT2D eigenvalue weighted by Gasteiger charge is -2.34. The van der Waals surface area contributed by atoms with Gasteiger partial charge in [0, 0.05) is 16.7 Å². The molecule has 1 aromatic heterocycles. The van der Waals surface area contributed by atoms with Crippen LogP contribution < -0.4 is 0 Å². The summed E-state index contributed by atoms with van der Waals surface area (Å²) in [7, 11) is 0. The third-order valence-electron chi connectivity index (χ3n) is 12.2. The summed E-state index contributed by atoms with van der Waals surface area (Å²) in [6.45, 7) is 8.26. The van der Waals surface area contributed by atoms with E-state index in [4.69, 9.17) is 21.5 Å². The van der Waals surface area contributed by atoms with Gasteiger partial charge in [-0.05, 0) is 91.0 Å². The Kier molecular flexibility index (Phi) is 9.41. The molecule has 0 unspecified atom stereocenters. The Balaban J connectivity index is 1.03. The SMILES string of the molecule is [C-]#[N+]c1cccc2c1-c1cc(-c3ccc(-c4nc(-c5ccccc5)nc(-c5cc(-c6ccccc6)cc(-c6ccccc6)c5)n4)cc3)ccc1C2(c1ccccc1)c1ccccc1. The lowest BCUT2D eigenvalue weighted by atomic mass is 9.67. The number of hydrogen-bond acceptors (Lipinski definition) is 3. The second-order valence-corrected chi connectivity index (χ2v) is 15.8. The Bertz CT molecular complexity index is 3210. The van der Waals surface area contributed by atoms with Crippen molar-refractivity contribution in [2.75, 3.05) is 0 Å². The molecule has 11 rings (SSSR count). The van der Waals surface area contributed by atoms with Crippen LogP contribution in [-0.4, -0.2) is 15.0 Å². The maximum Gasteiger partial charge on any atom is 0.195 e. The van der Waals surface area contributed by atoms with Gasteiger partial charge >= 0.3 is 0 Å². The molecule has 9 aromatic carbocycles. The minimum absolute atomic E-state index is 0.578. The van der Waals surface area contributed by atoms with Crippen LogP contribution in [0.1, 0.15) is 22.3 Å². The quantitative estimate of drug-likeness (QED) is 0.144. The monoisotopic (exact) mass is 802 g/mol. The molecule has 10 aromatic rings. The van der Waals surface area contributed by atoms with Crippen LogP contribution in [0.4, 0.5) is 5.69 Å². The second kappa shape index (κ2) is 15.8. The van der Waals surface area contributed by atoms with Crippen molar-refractivity contribution in [3.8, 4) is 78.7 Å². The van der Waals surface area contributed by atoms with Gasteiger partial charge < -0.3 is 0 Å². The molecule has 0 amide bonds. The van der Waals surface area contributed by atoms with Crippen molar-refractivity contribution in [1.29, 1.82) is 0 Å². The molecule has 1 aliphatic carbocycles. The minimum Gasteiger partial charge on any atom is -0.238 e. The molecule has 0 spiro atoms. The van der Waals surface area contributed by atoms with E-state index in [1.54, 1.807) is 0 Å². The average Bonchev–Trinajstić information content (AvgIpc) is 3.68. The van der Waals surface area contributed by atoms with Crippen LogP contribution in [0, 0.1) is 6.57 Å². The summed E-state index contributed by atoms with van der Waals surface area (Å²) in [5, 5.41) is 0. The van der Waals surface area contributed by atoms with Crippen molar-refractivity contribution in [2.24, 2.45) is 0 Å². The molecule has 0 N–H and O–H groups in total. The van der Waals surface area contributed by atoms with Crippen molar-refractivity contribution in [3.63, 3.8) is 0 Å². The lowest BCUT2D eigenvalue weighted by molar-refractivity contribution is 0.769. The number of benzene rings is 9. The van der Waals surface area contributed by atoms with Crippen molar-refractivity contribution in [3.05, 3.63) is 264 Å². The predicted octanol–water partition coefficient (Wildman–Crippen LogP) is 14.8. The molecule has 4 nitrogen and oxygen atoms in total. The third-order valence-corrected chi connectivity index (χ3v) is 12.2. The van der Waals surface area contributed by atoms with Gasteiger partial charge in [0.25, 0.3) is 0 Å². The van der Waals surface area contributed by atoms with Gasteiger partial charge in [0.1, 0.15) is 0 Å². The van der Waals surface area contributed by atoms with E-state index in [0.717, 1.165) is 66.8 Å². The fraction of sp³-hybridized carbons (Fsp3) is 0.0169. The topological polar surface area (TPSA) is 43.0 Å². The largest absolute Gasteiger partial charge is 0.238 e. The Morgan fingerprint density at radius 2 is 0.730 bits per heavy atom. The smallest absolute Gasteiger partial charge is 0.195 e. The van der Waals surface area contributed by atoms with E-state index in [1.165, 1.54) is 16.7 Å². The van der Waals surface area contributed by atoms with Gasteiger partial charge in [-0.2, -0.15) is 0 Å². The fourth-order valence-electron chi connectivity index (χ4n) is 9.31. The summed E-state index contributed by atoms with van der Waals surface area (Å²) in [5.74, 6) is 1.81. The van der Waals surface area contributed by atoms with Gasteiger partial charge in [0.15, 0.2) is 23.2 Å². The average molecular weight is 803 g/mol. The number of aromatic nitrogens is 3. The van der Waals surface area contributed by atoms with Gasteiger partial charge in [-0.15, -0.1) is 0 Å². The summed E-state index contributed by atoms with van der Waals surface area (Å²) in [4.78, 5) is 19.4. The minimum atomic E-state index is -0.578. The highest BCUT2D eigenvalue weighted by Crippen LogP contribution is 2.59. The van der Waals surface area contributed by atoms with Crippen LogP contribution >= 0.6 is 0 Å². The first-order valence-corrected chi connectivity index (χ1v) is 21.1. The van der Waals surface area contributed by atoms with E-state index in [2.05, 4.69) is 181 Å². The highest BCUT2D eigenvalue weighted by Gasteiger charge is 2.46. The molecule has 0 fully saturated rings. The van der Waals surface area contributed by atoms with Crippen molar-refractivity contribution >= 4 is 5.69 Å². The standard InChI is InChI=1S/C59H38N4/c1-60-54-29-17-28-53-55(54)51-39-45(34-35-52(51)59(53,49-24-13-5-14-25-49)50-26-15-6-16-27-50)42-30-32-44(33-31-42)57-61-56(43-22-11-4-12-23-43)62-58(63-57)48-37-46(40-18-7-2-8-19-40)36-47(38-48)41-20-9-3-10-21-41/h2-39H. The number of fused-ring (bicyclic) bond motifs is 3. The molecule has 294 valence electrons. The van der Waals surface area contributed by atoms with E-state index >= 15 is 0 Å². The predicted molar refractivity (Wildman–Crippen MR) is 256 cm³/mol. The molecule has 0 atom stereocenters. The van der Waals surface area contributed by atoms with Gasteiger partial charge in [-0.1, -0.05) is 206 Å². The van der Waals surface area contributed by atoms with Crippen LogP contribution in [0.5, 0.6) is 0 Å². The first kappa shape index (κ1) is 37.5. The molecule has 0 radical (unpaired) electrons. The zero-order valence-electron chi connectivity index (χ0n) is 34.2. The van der Waals surface area contributed by atoms with Gasteiger partial charge in [-0.25, -0.2) is 19.8 Å². The Morgan fingerprint density at radius 1 is 0.317 bits per heavy atom. The van der Waals surface area contributed by atoms with Crippen molar-refractivity contribution < 1.29 is 0 Å².